The zero-order valence-electron chi connectivity index (χ0n) is 13.8. The number of aliphatic hydroxyl groups excluding tert-OH is 4. The first-order valence-corrected chi connectivity index (χ1v) is 8.92. The predicted molar refractivity (Wildman–Crippen MR) is 92.8 cm³/mol. The molecule has 0 amide bonds. The lowest BCUT2D eigenvalue weighted by molar-refractivity contribution is -0.231. The molecule has 3 rings (SSSR count). The third-order valence-electron chi connectivity index (χ3n) is 4.43. The van der Waals surface area contributed by atoms with Gasteiger partial charge in [0.25, 0.3) is 0 Å². The standard InChI is InChI=1S/C18H22O6S/c1-23-12-4-2-10(3-5-12)6-13-7-11(9-25-13)18-17(22)16(21)15(20)14(8-19)24-18/h2-5,7,9,14-22H,6,8H2,1H3/t14-,15-,16+,17-,18+/m1/s1. The Morgan fingerprint density at radius 1 is 1.08 bits per heavy atom. The van der Waals surface area contributed by atoms with E-state index in [1.807, 2.05) is 35.7 Å². The zero-order valence-corrected chi connectivity index (χ0v) is 14.6. The second-order valence-corrected chi connectivity index (χ2v) is 7.12. The minimum Gasteiger partial charge on any atom is -0.497 e. The summed E-state index contributed by atoms with van der Waals surface area (Å²) in [6, 6.07) is 9.71. The second kappa shape index (κ2) is 7.82. The molecule has 0 aliphatic carbocycles. The van der Waals surface area contributed by atoms with Crippen LogP contribution in [0.1, 0.15) is 22.1 Å². The molecule has 1 fully saturated rings. The molecule has 1 saturated heterocycles. The number of benzene rings is 1. The number of methoxy groups -OCH3 is 1. The maximum atomic E-state index is 10.2. The van der Waals surface area contributed by atoms with Crippen LogP contribution in [0.4, 0.5) is 0 Å². The van der Waals surface area contributed by atoms with Crippen molar-refractivity contribution in [3.05, 3.63) is 51.7 Å². The topological polar surface area (TPSA) is 99.4 Å². The summed E-state index contributed by atoms with van der Waals surface area (Å²) in [7, 11) is 1.63. The lowest BCUT2D eigenvalue weighted by Gasteiger charge is -2.39. The van der Waals surface area contributed by atoms with Crippen LogP contribution in [0.2, 0.25) is 0 Å². The van der Waals surface area contributed by atoms with Crippen LogP contribution in [0.25, 0.3) is 0 Å². The average Bonchev–Trinajstić information content (AvgIpc) is 3.09. The Morgan fingerprint density at radius 3 is 2.44 bits per heavy atom. The van der Waals surface area contributed by atoms with E-state index in [4.69, 9.17) is 9.47 Å². The van der Waals surface area contributed by atoms with Crippen molar-refractivity contribution in [1.29, 1.82) is 0 Å². The van der Waals surface area contributed by atoms with Crippen LogP contribution < -0.4 is 4.74 Å². The predicted octanol–water partition coefficient (Wildman–Crippen LogP) is 0.862. The highest BCUT2D eigenvalue weighted by atomic mass is 32.1. The molecule has 1 aliphatic heterocycles. The zero-order chi connectivity index (χ0) is 18.0. The number of rotatable bonds is 5. The quantitative estimate of drug-likeness (QED) is 0.627. The van der Waals surface area contributed by atoms with Crippen molar-refractivity contribution >= 4 is 11.3 Å². The SMILES string of the molecule is COc1ccc(Cc2cc([C@@H]3O[C@H](CO)[C@@H](O)[C@H](O)[C@H]3O)cs2)cc1. The van der Waals surface area contributed by atoms with E-state index in [1.165, 1.54) is 11.3 Å². The minimum atomic E-state index is -1.36. The third-order valence-corrected chi connectivity index (χ3v) is 5.39. The van der Waals surface area contributed by atoms with Crippen molar-refractivity contribution in [2.45, 2.75) is 36.9 Å². The maximum absolute atomic E-state index is 10.2. The molecule has 6 nitrogen and oxygen atoms in total. The first-order valence-electron chi connectivity index (χ1n) is 8.04. The number of aliphatic hydroxyl groups is 4. The molecule has 7 heteroatoms. The van der Waals surface area contributed by atoms with Gasteiger partial charge in [0.15, 0.2) is 0 Å². The van der Waals surface area contributed by atoms with E-state index >= 15 is 0 Å². The summed E-state index contributed by atoms with van der Waals surface area (Å²) in [5.41, 5.74) is 1.86. The molecule has 4 N–H and O–H groups in total. The van der Waals surface area contributed by atoms with Crippen molar-refractivity contribution in [3.63, 3.8) is 0 Å². The first kappa shape index (κ1) is 18.3. The van der Waals surface area contributed by atoms with Crippen LogP contribution in [0.5, 0.6) is 5.75 Å². The van der Waals surface area contributed by atoms with E-state index in [1.54, 1.807) is 7.11 Å². The number of hydrogen-bond acceptors (Lipinski definition) is 7. The van der Waals surface area contributed by atoms with Gasteiger partial charge in [0.2, 0.25) is 0 Å². The van der Waals surface area contributed by atoms with Gasteiger partial charge in [-0.05, 0) is 34.7 Å². The van der Waals surface area contributed by atoms with Gasteiger partial charge in [0.1, 0.15) is 36.3 Å². The van der Waals surface area contributed by atoms with Gasteiger partial charge >= 0.3 is 0 Å². The Bertz CT molecular complexity index is 683. The molecule has 1 aromatic carbocycles. The van der Waals surface area contributed by atoms with Gasteiger partial charge in [-0.1, -0.05) is 12.1 Å². The molecule has 0 unspecified atom stereocenters. The van der Waals surface area contributed by atoms with Crippen LogP contribution in [0.3, 0.4) is 0 Å². The van der Waals surface area contributed by atoms with Crippen molar-refractivity contribution in [2.24, 2.45) is 0 Å². The molecule has 0 bridgehead atoms. The Hall–Kier alpha value is -1.48. The van der Waals surface area contributed by atoms with Gasteiger partial charge in [0.05, 0.1) is 13.7 Å². The largest absolute Gasteiger partial charge is 0.497 e. The van der Waals surface area contributed by atoms with E-state index in [-0.39, 0.29) is 0 Å². The van der Waals surface area contributed by atoms with E-state index in [0.29, 0.717) is 0 Å². The normalized spacial score (nSPS) is 29.6. The van der Waals surface area contributed by atoms with Gasteiger partial charge in [0, 0.05) is 11.3 Å². The van der Waals surface area contributed by atoms with Crippen LogP contribution in [-0.2, 0) is 11.2 Å². The molecule has 2 heterocycles. The maximum Gasteiger partial charge on any atom is 0.118 e. The number of ether oxygens (including phenoxy) is 2. The van der Waals surface area contributed by atoms with Crippen molar-refractivity contribution in [1.82, 2.24) is 0 Å². The van der Waals surface area contributed by atoms with Gasteiger partial charge < -0.3 is 29.9 Å². The molecule has 5 atom stereocenters. The monoisotopic (exact) mass is 366 g/mol. The fourth-order valence-corrected chi connectivity index (χ4v) is 3.90. The molecule has 25 heavy (non-hydrogen) atoms. The molecule has 0 saturated carbocycles. The van der Waals surface area contributed by atoms with Gasteiger partial charge in [-0.15, -0.1) is 11.3 Å². The smallest absolute Gasteiger partial charge is 0.118 e. The Kier molecular flexibility index (Phi) is 5.73. The summed E-state index contributed by atoms with van der Waals surface area (Å²) in [4.78, 5) is 1.08. The van der Waals surface area contributed by atoms with Crippen LogP contribution in [0.15, 0.2) is 35.7 Å². The van der Waals surface area contributed by atoms with Crippen molar-refractivity contribution < 1.29 is 29.9 Å². The minimum absolute atomic E-state index is 0.426. The Labute approximate surface area is 149 Å². The first-order chi connectivity index (χ1) is 12.0. The molecule has 1 aliphatic rings. The van der Waals surface area contributed by atoms with E-state index in [9.17, 15) is 20.4 Å². The lowest BCUT2D eigenvalue weighted by atomic mass is 9.92. The van der Waals surface area contributed by atoms with Gasteiger partial charge in [-0.25, -0.2) is 0 Å². The summed E-state index contributed by atoms with van der Waals surface area (Å²) < 4.78 is 10.7. The highest BCUT2D eigenvalue weighted by Gasteiger charge is 2.44. The fraction of sp³-hybridized carbons (Fsp3) is 0.444. The third kappa shape index (κ3) is 3.87. The lowest BCUT2D eigenvalue weighted by Crippen LogP contribution is -2.55. The highest BCUT2D eigenvalue weighted by Crippen LogP contribution is 2.35. The molecule has 2 aromatic rings. The van der Waals surface area contributed by atoms with E-state index < -0.39 is 37.1 Å². The molecule has 136 valence electrons. The number of thiophene rings is 1. The Morgan fingerprint density at radius 2 is 1.80 bits per heavy atom. The van der Waals surface area contributed by atoms with E-state index in [2.05, 4.69) is 0 Å². The molecular weight excluding hydrogens is 344 g/mol. The molecule has 0 radical (unpaired) electrons. The van der Waals surface area contributed by atoms with E-state index in [0.717, 1.165) is 28.2 Å². The second-order valence-electron chi connectivity index (χ2n) is 6.12. The van der Waals surface area contributed by atoms with Crippen LogP contribution in [0, 0.1) is 0 Å². The summed E-state index contributed by atoms with van der Waals surface area (Å²) >= 11 is 1.53. The average molecular weight is 366 g/mol. The summed E-state index contributed by atoms with van der Waals surface area (Å²) in [5, 5.41) is 41.1. The molecular formula is C18H22O6S. The highest BCUT2D eigenvalue weighted by molar-refractivity contribution is 7.10. The Balaban J connectivity index is 1.73. The van der Waals surface area contributed by atoms with Crippen molar-refractivity contribution in [3.8, 4) is 5.75 Å². The van der Waals surface area contributed by atoms with Gasteiger partial charge in [-0.3, -0.25) is 0 Å². The summed E-state index contributed by atoms with van der Waals surface area (Å²) in [6.07, 6.45) is -4.90. The van der Waals surface area contributed by atoms with Crippen LogP contribution >= 0.6 is 11.3 Å². The fourth-order valence-electron chi connectivity index (χ4n) is 2.96. The van der Waals surface area contributed by atoms with Gasteiger partial charge in [-0.2, -0.15) is 0 Å². The van der Waals surface area contributed by atoms with Crippen molar-refractivity contribution in [2.75, 3.05) is 13.7 Å². The summed E-state index contributed by atoms with van der Waals surface area (Å²) in [5.74, 6) is 0.803. The number of hydrogen-bond donors (Lipinski definition) is 4. The molecule has 1 aromatic heterocycles. The van der Waals surface area contributed by atoms with Crippen LogP contribution in [-0.4, -0.2) is 58.6 Å². The molecule has 0 spiro atoms. The summed E-state index contributed by atoms with van der Waals surface area (Å²) in [6.45, 7) is -0.426.